The normalized spacial score (nSPS) is 13.1. The van der Waals surface area contributed by atoms with Crippen molar-refractivity contribution < 1.29 is 22.8 Å². The number of alkyl halides is 3. The molecule has 1 heterocycles. The number of aromatic nitrogens is 2. The Morgan fingerprint density at radius 1 is 1.18 bits per heavy atom. The third-order valence-electron chi connectivity index (χ3n) is 5.73. The number of imidazole rings is 1. The van der Waals surface area contributed by atoms with E-state index in [-0.39, 0.29) is 19.3 Å². The highest BCUT2D eigenvalue weighted by molar-refractivity contribution is 5.25. The number of halogens is 4. The highest BCUT2D eigenvalue weighted by Gasteiger charge is 2.30. The average molecular weight is 486 g/mol. The average Bonchev–Trinajstić information content (AvgIpc) is 3.15. The van der Waals surface area contributed by atoms with Crippen molar-refractivity contribution in [3.05, 3.63) is 65.3 Å². The first-order valence-electron chi connectivity index (χ1n) is 11.4. The quantitative estimate of drug-likeness (QED) is 0.235. The molecule has 10 heteroatoms. The Morgan fingerprint density at radius 3 is 2.35 bits per heavy atom. The van der Waals surface area contributed by atoms with Crippen molar-refractivity contribution in [2.24, 2.45) is 0 Å². The minimum absolute atomic E-state index is 0.171. The Hall–Kier alpha value is -2.27. The van der Waals surface area contributed by atoms with Crippen molar-refractivity contribution in [2.45, 2.75) is 58.7 Å². The lowest BCUT2D eigenvalue weighted by Gasteiger charge is -2.33. The van der Waals surface area contributed by atoms with E-state index in [1.807, 2.05) is 18.4 Å². The van der Waals surface area contributed by atoms with Crippen LogP contribution in [-0.2, 0) is 32.3 Å². The van der Waals surface area contributed by atoms with Gasteiger partial charge >= 0.3 is 6.18 Å². The molecule has 1 aromatic heterocycles. The summed E-state index contributed by atoms with van der Waals surface area (Å²) in [5, 5.41) is 14.1. The zero-order valence-electron chi connectivity index (χ0n) is 20.1. The lowest BCUT2D eigenvalue weighted by Crippen LogP contribution is -2.38. The molecule has 0 aliphatic carbocycles. The van der Waals surface area contributed by atoms with E-state index in [1.165, 1.54) is 19.2 Å². The van der Waals surface area contributed by atoms with Gasteiger partial charge in [0.25, 0.3) is 0 Å². The molecule has 0 amide bonds. The van der Waals surface area contributed by atoms with Crippen molar-refractivity contribution in [1.29, 1.82) is 0 Å². The van der Waals surface area contributed by atoms with Gasteiger partial charge < -0.3 is 15.0 Å². The van der Waals surface area contributed by atoms with Crippen LogP contribution in [0.4, 0.5) is 17.7 Å². The molecular weight excluding hydrogens is 450 g/mol. The van der Waals surface area contributed by atoms with Crippen LogP contribution in [0, 0.1) is 0 Å². The van der Waals surface area contributed by atoms with E-state index in [0.717, 1.165) is 18.0 Å². The molecule has 0 spiro atoms. The van der Waals surface area contributed by atoms with Gasteiger partial charge in [-0.15, -0.1) is 16.2 Å². The van der Waals surface area contributed by atoms with E-state index in [4.69, 9.17) is 4.98 Å². The maximum absolute atomic E-state index is 13.4. The number of hydrogen-bond acceptors (Lipinski definition) is 5. The Morgan fingerprint density at radius 2 is 1.85 bits per heavy atom. The Balaban J connectivity index is 2.23. The van der Waals surface area contributed by atoms with Gasteiger partial charge in [-0.05, 0) is 30.7 Å². The van der Waals surface area contributed by atoms with E-state index in [9.17, 15) is 22.8 Å². The zero-order chi connectivity index (χ0) is 25.3. The molecule has 1 unspecified atom stereocenters. The number of aliphatic hydroxyl groups is 1. The lowest BCUT2D eigenvalue weighted by atomic mass is 10.1. The molecule has 2 N–H and O–H groups in total. The standard InChI is InChI=1S/C24H35F4N5O/c1-5-8-23(32(7-3)14-13-31(4)28)33-21(17-34)20(30-22(33)6-2)16-29-15-18-9-11-19(12-10-18)24(25,26)27/h5,9-12,23,29,34H,1,6-8,13-17H2,2-4H3. The van der Waals surface area contributed by atoms with Crippen LogP contribution in [0.5, 0.6) is 0 Å². The van der Waals surface area contributed by atoms with Crippen LogP contribution in [0.25, 0.3) is 0 Å². The SMILES string of the molecule is C=CCC(N(CC)CCN(C)F)n1c(CC)nc(CNCc2ccc(C(F)(F)F)cc2)c1CO. The van der Waals surface area contributed by atoms with Gasteiger partial charge in [-0.2, -0.15) is 13.2 Å². The molecule has 0 bridgehead atoms. The van der Waals surface area contributed by atoms with Crippen molar-refractivity contribution in [1.82, 2.24) is 24.9 Å². The fourth-order valence-corrected chi connectivity index (χ4v) is 3.97. The first-order valence-corrected chi connectivity index (χ1v) is 11.4. The number of benzene rings is 1. The number of rotatable bonds is 14. The molecule has 2 rings (SSSR count). The van der Waals surface area contributed by atoms with Crippen molar-refractivity contribution in [3.8, 4) is 0 Å². The van der Waals surface area contributed by atoms with Gasteiger partial charge in [0.05, 0.1) is 29.7 Å². The summed E-state index contributed by atoms with van der Waals surface area (Å²) >= 11 is 0. The van der Waals surface area contributed by atoms with E-state index in [1.54, 1.807) is 6.08 Å². The molecule has 1 atom stereocenters. The summed E-state index contributed by atoms with van der Waals surface area (Å²) in [5.41, 5.74) is 1.37. The second-order valence-electron chi connectivity index (χ2n) is 8.06. The highest BCUT2D eigenvalue weighted by Crippen LogP contribution is 2.29. The summed E-state index contributed by atoms with van der Waals surface area (Å²) in [5.74, 6) is 0.800. The number of aliphatic hydroxyl groups excluding tert-OH is 1. The van der Waals surface area contributed by atoms with Crippen LogP contribution >= 0.6 is 0 Å². The van der Waals surface area contributed by atoms with Gasteiger partial charge in [0.1, 0.15) is 5.82 Å². The van der Waals surface area contributed by atoms with Crippen LogP contribution in [0.2, 0.25) is 0 Å². The lowest BCUT2D eigenvalue weighted by molar-refractivity contribution is -0.137. The fraction of sp³-hybridized carbons (Fsp3) is 0.542. The monoisotopic (exact) mass is 485 g/mol. The summed E-state index contributed by atoms with van der Waals surface area (Å²) in [7, 11) is 1.38. The highest BCUT2D eigenvalue weighted by atomic mass is 19.4. The number of aryl methyl sites for hydroxylation is 1. The van der Waals surface area contributed by atoms with Gasteiger partial charge in [-0.25, -0.2) is 4.98 Å². The first-order chi connectivity index (χ1) is 16.2. The van der Waals surface area contributed by atoms with Gasteiger partial charge in [-0.1, -0.05) is 32.1 Å². The molecule has 6 nitrogen and oxygen atoms in total. The van der Waals surface area contributed by atoms with Crippen LogP contribution in [0.1, 0.15) is 54.8 Å². The Bertz CT molecular complexity index is 896. The number of nitrogens with one attached hydrogen (secondary N) is 1. The van der Waals surface area contributed by atoms with Crippen LogP contribution in [0.3, 0.4) is 0 Å². The molecular formula is C24H35F4N5O. The van der Waals surface area contributed by atoms with E-state index >= 15 is 0 Å². The zero-order valence-corrected chi connectivity index (χ0v) is 20.1. The van der Waals surface area contributed by atoms with Gasteiger partial charge in [-0.3, -0.25) is 4.90 Å². The van der Waals surface area contributed by atoms with Crippen LogP contribution in [0.15, 0.2) is 36.9 Å². The fourth-order valence-electron chi connectivity index (χ4n) is 3.97. The third-order valence-corrected chi connectivity index (χ3v) is 5.73. The summed E-state index contributed by atoms with van der Waals surface area (Å²) in [6, 6.07) is 5.02. The Labute approximate surface area is 198 Å². The van der Waals surface area contributed by atoms with Crippen molar-refractivity contribution >= 4 is 0 Å². The second kappa shape index (κ2) is 13.0. The molecule has 0 fully saturated rings. The molecule has 1 aromatic carbocycles. The van der Waals surface area contributed by atoms with Gasteiger partial charge in [0, 0.05) is 39.6 Å². The van der Waals surface area contributed by atoms with E-state index in [0.29, 0.717) is 61.1 Å². The minimum atomic E-state index is -4.36. The number of hydrogen-bond donors (Lipinski definition) is 2. The maximum atomic E-state index is 13.4. The molecule has 0 radical (unpaired) electrons. The summed E-state index contributed by atoms with van der Waals surface area (Å²) in [4.78, 5) is 6.86. The molecule has 0 aliphatic heterocycles. The van der Waals surface area contributed by atoms with Crippen molar-refractivity contribution in [2.75, 3.05) is 26.7 Å². The number of nitrogens with zero attached hydrogens (tertiary/aromatic N) is 4. The topological polar surface area (TPSA) is 56.6 Å². The smallest absolute Gasteiger partial charge is 0.390 e. The molecule has 34 heavy (non-hydrogen) atoms. The largest absolute Gasteiger partial charge is 0.416 e. The van der Waals surface area contributed by atoms with E-state index in [2.05, 4.69) is 16.8 Å². The molecule has 190 valence electrons. The second-order valence-corrected chi connectivity index (χ2v) is 8.06. The predicted molar refractivity (Wildman–Crippen MR) is 124 cm³/mol. The number of likely N-dealkylation sites (N-methyl/N-ethyl adjacent to an activating group) is 2. The van der Waals surface area contributed by atoms with Gasteiger partial charge in [0.15, 0.2) is 0 Å². The van der Waals surface area contributed by atoms with Gasteiger partial charge in [0.2, 0.25) is 0 Å². The molecule has 2 aromatic rings. The molecule has 0 saturated carbocycles. The van der Waals surface area contributed by atoms with Crippen molar-refractivity contribution in [3.63, 3.8) is 0 Å². The van der Waals surface area contributed by atoms with E-state index < -0.39 is 11.7 Å². The summed E-state index contributed by atoms with van der Waals surface area (Å²) in [6.45, 7) is 9.75. The summed E-state index contributed by atoms with van der Waals surface area (Å²) in [6.07, 6.45) is -1.50. The third kappa shape index (κ3) is 7.36. The van der Waals surface area contributed by atoms with Crippen LogP contribution < -0.4 is 5.32 Å². The summed E-state index contributed by atoms with van der Waals surface area (Å²) < 4.78 is 53.7. The predicted octanol–water partition coefficient (Wildman–Crippen LogP) is 4.46. The Kier molecular flexibility index (Phi) is 10.7. The maximum Gasteiger partial charge on any atom is 0.416 e. The molecule has 0 saturated heterocycles. The first kappa shape index (κ1) is 28.0. The van der Waals surface area contributed by atoms with Crippen LogP contribution in [-0.4, -0.2) is 51.4 Å². The minimum Gasteiger partial charge on any atom is -0.390 e. The molecule has 0 aliphatic rings.